The number of fused-ring (bicyclic) bond motifs is 8. The number of aromatic nitrogens is 1. The minimum atomic E-state index is -4.58. The molecule has 5 rings (SSSR count). The van der Waals surface area contributed by atoms with Crippen molar-refractivity contribution in [3.63, 3.8) is 0 Å². The molecule has 0 aromatic carbocycles. The number of amides is 2. The number of pyridine rings is 1. The Bertz CT molecular complexity index is 1060. The highest BCUT2D eigenvalue weighted by atomic mass is 35.5. The molecule has 6 atom stereocenters. The molecule has 0 radical (unpaired) electrons. The van der Waals surface area contributed by atoms with Gasteiger partial charge in [-0.3, -0.25) is 14.5 Å². The van der Waals surface area contributed by atoms with E-state index in [2.05, 4.69) is 15.5 Å². The highest BCUT2D eigenvalue weighted by Crippen LogP contribution is 2.61. The Morgan fingerprint density at radius 2 is 1.94 bits per heavy atom. The highest BCUT2D eigenvalue weighted by Gasteiger charge is 2.70. The largest absolute Gasteiger partial charge is 0.477 e. The third-order valence-corrected chi connectivity index (χ3v) is 7.09. The second-order valence-corrected chi connectivity index (χ2v) is 8.71. The van der Waals surface area contributed by atoms with E-state index < -0.39 is 41.6 Å². The van der Waals surface area contributed by atoms with Gasteiger partial charge in [0.05, 0.1) is 28.3 Å². The fourth-order valence-corrected chi connectivity index (χ4v) is 5.83. The summed E-state index contributed by atoms with van der Waals surface area (Å²) in [5, 5.41) is 15.5. The number of carboxylic acids is 1. The van der Waals surface area contributed by atoms with Crippen LogP contribution in [0.15, 0.2) is 17.4 Å². The fourth-order valence-electron chi connectivity index (χ4n) is 5.59. The first-order chi connectivity index (χ1) is 15.1. The van der Waals surface area contributed by atoms with E-state index in [1.54, 1.807) is 0 Å². The van der Waals surface area contributed by atoms with Gasteiger partial charge in [0.2, 0.25) is 11.8 Å². The van der Waals surface area contributed by atoms with Crippen LogP contribution in [0.3, 0.4) is 0 Å². The summed E-state index contributed by atoms with van der Waals surface area (Å²) in [6, 6.07) is 0.742. The number of aliphatic carboxylic acids is 1. The molecule has 9 nitrogen and oxygen atoms in total. The predicted molar refractivity (Wildman–Crippen MR) is 101 cm³/mol. The Morgan fingerprint density at radius 3 is 2.56 bits per heavy atom. The van der Waals surface area contributed by atoms with Crippen molar-refractivity contribution in [3.05, 3.63) is 22.8 Å². The van der Waals surface area contributed by atoms with Crippen LogP contribution in [0, 0.1) is 29.6 Å². The van der Waals surface area contributed by atoms with E-state index in [9.17, 15) is 32.7 Å². The molecule has 3 fully saturated rings. The lowest BCUT2D eigenvalue weighted by Gasteiger charge is -2.29. The van der Waals surface area contributed by atoms with E-state index >= 15 is 0 Å². The zero-order valence-electron chi connectivity index (χ0n) is 16.2. The summed E-state index contributed by atoms with van der Waals surface area (Å²) in [5.74, 6) is -4.24. The van der Waals surface area contributed by atoms with Crippen molar-refractivity contribution in [1.82, 2.24) is 9.88 Å². The molecule has 2 amide bonds. The lowest BCUT2D eigenvalue weighted by Crippen LogP contribution is -2.42. The molecule has 2 aliphatic heterocycles. The molecule has 4 aliphatic rings. The van der Waals surface area contributed by atoms with Crippen molar-refractivity contribution in [2.24, 2.45) is 34.7 Å². The molecule has 13 heteroatoms. The number of halogens is 4. The third-order valence-electron chi connectivity index (χ3n) is 6.80. The van der Waals surface area contributed by atoms with Crippen LogP contribution in [0.2, 0.25) is 5.02 Å². The maximum atomic E-state index is 13.0. The zero-order chi connectivity index (χ0) is 22.9. The standard InChI is InChI=1S/C19H16ClF3N4O5/c20-9-3-6(19(21,22)23)5-25-15(9)24-1-2-27-16(28)10-7-4-8(11(10)17(27)29)14-12(7)13(18(30)31)26-32-14/h3,5,7-8,10-12,14H,1-2,4H2,(H,24,25)(H,30,31)/t7-,8-,10-,11-,12-,14+/m0/s1. The second-order valence-electron chi connectivity index (χ2n) is 8.30. The molecular weight excluding hydrogens is 457 g/mol. The molecule has 2 bridgehead atoms. The maximum absolute atomic E-state index is 13.0. The van der Waals surface area contributed by atoms with E-state index in [1.807, 2.05) is 0 Å². The smallest absolute Gasteiger partial charge is 0.417 e. The van der Waals surface area contributed by atoms with Crippen LogP contribution in [0.5, 0.6) is 0 Å². The normalized spacial score (nSPS) is 32.6. The SMILES string of the molecule is O=C(O)C1=NO[C@@H]2[C@H]3C[C@H]([C@@H]12)[C@@H]1C(=O)N(CCNc2ncc(C(F)(F)F)cc2Cl)C(=O)[C@@H]31. The number of nitrogens with zero attached hydrogens (tertiary/aromatic N) is 3. The molecular formula is C19H16ClF3N4O5. The second kappa shape index (κ2) is 7.06. The van der Waals surface area contributed by atoms with Gasteiger partial charge >= 0.3 is 12.1 Å². The van der Waals surface area contributed by atoms with Crippen LogP contribution >= 0.6 is 11.6 Å². The number of rotatable bonds is 5. The first kappa shape index (κ1) is 21.0. The quantitative estimate of drug-likeness (QED) is 0.627. The van der Waals surface area contributed by atoms with Gasteiger partial charge in [-0.2, -0.15) is 13.2 Å². The number of likely N-dealkylation sites (tertiary alicyclic amines) is 1. The van der Waals surface area contributed by atoms with Crippen LogP contribution in [-0.2, 0) is 25.4 Å². The topological polar surface area (TPSA) is 121 Å². The van der Waals surface area contributed by atoms with Crippen LogP contribution < -0.4 is 5.32 Å². The molecule has 1 aromatic rings. The number of hydrogen-bond acceptors (Lipinski definition) is 7. The average Bonchev–Trinajstić information content (AvgIpc) is 3.44. The summed E-state index contributed by atoms with van der Waals surface area (Å²) in [4.78, 5) is 47.5. The van der Waals surface area contributed by atoms with Gasteiger partial charge in [-0.25, -0.2) is 9.78 Å². The van der Waals surface area contributed by atoms with Gasteiger partial charge in [-0.15, -0.1) is 0 Å². The summed E-state index contributed by atoms with van der Waals surface area (Å²) in [6.45, 7) is 0.00867. The van der Waals surface area contributed by atoms with Crippen LogP contribution in [0.1, 0.15) is 12.0 Å². The molecule has 1 aromatic heterocycles. The maximum Gasteiger partial charge on any atom is 0.417 e. The van der Waals surface area contributed by atoms with Crippen molar-refractivity contribution in [1.29, 1.82) is 0 Å². The summed E-state index contributed by atoms with van der Waals surface area (Å²) in [5.41, 5.74) is -1.09. The Kier molecular flexibility index (Phi) is 4.63. The number of carbonyl (C=O) groups excluding carboxylic acids is 2. The minimum Gasteiger partial charge on any atom is -0.477 e. The van der Waals surface area contributed by atoms with E-state index in [0.717, 1.165) is 11.0 Å². The average molecular weight is 473 g/mol. The van der Waals surface area contributed by atoms with Gasteiger partial charge in [0, 0.05) is 25.2 Å². The highest BCUT2D eigenvalue weighted by molar-refractivity contribution is 6.37. The van der Waals surface area contributed by atoms with Crippen molar-refractivity contribution < 1.29 is 37.5 Å². The number of anilines is 1. The molecule has 0 unspecified atom stereocenters. The lowest BCUT2D eigenvalue weighted by atomic mass is 9.72. The number of hydrogen-bond donors (Lipinski definition) is 2. The van der Waals surface area contributed by atoms with Crippen molar-refractivity contribution in [3.8, 4) is 0 Å². The van der Waals surface area contributed by atoms with Crippen molar-refractivity contribution >= 4 is 40.9 Å². The molecule has 3 heterocycles. The number of carbonyl (C=O) groups is 3. The fraction of sp³-hybridized carbons (Fsp3) is 0.526. The Labute approximate surface area is 183 Å². The molecule has 2 saturated carbocycles. The number of oxime groups is 1. The van der Waals surface area contributed by atoms with Crippen molar-refractivity contribution in [2.75, 3.05) is 18.4 Å². The molecule has 2 N–H and O–H groups in total. The molecule has 1 saturated heterocycles. The van der Waals surface area contributed by atoms with Crippen molar-refractivity contribution in [2.45, 2.75) is 18.7 Å². The summed E-state index contributed by atoms with van der Waals surface area (Å²) in [6.07, 6.45) is -3.92. The van der Waals surface area contributed by atoms with Gasteiger partial charge in [-0.1, -0.05) is 16.8 Å². The Hall–Kier alpha value is -2.89. The van der Waals surface area contributed by atoms with Crippen LogP contribution in [-0.4, -0.2) is 57.7 Å². The van der Waals surface area contributed by atoms with E-state index in [-0.39, 0.29) is 53.3 Å². The molecule has 2 aliphatic carbocycles. The molecule has 0 spiro atoms. The van der Waals surface area contributed by atoms with E-state index in [4.69, 9.17) is 16.4 Å². The van der Waals surface area contributed by atoms with Gasteiger partial charge < -0.3 is 15.3 Å². The monoisotopic (exact) mass is 472 g/mol. The lowest BCUT2D eigenvalue weighted by molar-refractivity contribution is -0.141. The number of alkyl halides is 3. The Morgan fingerprint density at radius 1 is 1.25 bits per heavy atom. The van der Waals surface area contributed by atoms with E-state index in [0.29, 0.717) is 12.6 Å². The minimum absolute atomic E-state index is 0.00395. The zero-order valence-corrected chi connectivity index (χ0v) is 16.9. The van der Waals surface area contributed by atoms with Gasteiger partial charge in [0.1, 0.15) is 11.9 Å². The first-order valence-corrected chi connectivity index (χ1v) is 10.3. The summed E-state index contributed by atoms with van der Waals surface area (Å²) in [7, 11) is 0. The number of nitrogens with one attached hydrogen (secondary N) is 1. The third kappa shape index (κ3) is 2.95. The summed E-state index contributed by atoms with van der Waals surface area (Å²) < 4.78 is 38.2. The van der Waals surface area contributed by atoms with E-state index in [1.165, 1.54) is 0 Å². The number of imide groups is 1. The van der Waals surface area contributed by atoms with Crippen LogP contribution in [0.4, 0.5) is 19.0 Å². The van der Waals surface area contributed by atoms with Gasteiger partial charge in [0.25, 0.3) is 0 Å². The summed E-state index contributed by atoms with van der Waals surface area (Å²) >= 11 is 5.86. The van der Waals surface area contributed by atoms with Gasteiger partial charge in [-0.05, 0) is 18.4 Å². The van der Waals surface area contributed by atoms with Gasteiger partial charge in [0.15, 0.2) is 5.71 Å². The first-order valence-electron chi connectivity index (χ1n) is 9.88. The predicted octanol–water partition coefficient (Wildman–Crippen LogP) is 1.87. The number of carboxylic acid groups (broad SMARTS) is 1. The van der Waals surface area contributed by atoms with Crippen LogP contribution in [0.25, 0.3) is 0 Å². The molecule has 170 valence electrons. The Balaban J connectivity index is 1.26. The molecule has 32 heavy (non-hydrogen) atoms.